The summed E-state index contributed by atoms with van der Waals surface area (Å²) in [4.78, 5) is 29.0. The van der Waals surface area contributed by atoms with Gasteiger partial charge < -0.3 is 10.2 Å². The number of carbonyl (C=O) groups excluding carboxylic acids is 2. The quantitative estimate of drug-likeness (QED) is 0.829. The van der Waals surface area contributed by atoms with Gasteiger partial charge in [0.15, 0.2) is 0 Å². The Morgan fingerprint density at radius 2 is 1.89 bits per heavy atom. The number of piperidine rings is 1. The molecule has 0 spiro atoms. The number of amides is 2. The van der Waals surface area contributed by atoms with Crippen LogP contribution in [0.4, 0.5) is 5.69 Å². The van der Waals surface area contributed by atoms with E-state index in [-0.39, 0.29) is 17.7 Å². The molecular weight excluding hydrogens is 354 g/mol. The Kier molecular flexibility index (Phi) is 6.46. The van der Waals surface area contributed by atoms with Crippen molar-refractivity contribution < 1.29 is 9.59 Å². The molecule has 0 aliphatic carbocycles. The second-order valence-electron chi connectivity index (χ2n) is 7.55. The lowest BCUT2D eigenvalue weighted by Gasteiger charge is -2.32. The van der Waals surface area contributed by atoms with Crippen molar-refractivity contribution in [3.63, 3.8) is 0 Å². The molecule has 1 aromatic carbocycles. The number of nitrogens with one attached hydrogen (secondary N) is 1. The summed E-state index contributed by atoms with van der Waals surface area (Å²) in [6.07, 6.45) is 3.25. The molecular formula is C21H29N5O2. The number of hydrogen-bond acceptors (Lipinski definition) is 4. The molecule has 0 radical (unpaired) electrons. The predicted octanol–water partition coefficient (Wildman–Crippen LogP) is 2.04. The molecule has 1 saturated heterocycles. The number of likely N-dealkylation sites (tertiary alicyclic amines) is 1. The molecule has 1 N–H and O–H groups in total. The van der Waals surface area contributed by atoms with Crippen LogP contribution in [-0.4, -0.2) is 58.1 Å². The highest BCUT2D eigenvalue weighted by Gasteiger charge is 2.28. The van der Waals surface area contributed by atoms with Crippen molar-refractivity contribution in [3.8, 4) is 0 Å². The van der Waals surface area contributed by atoms with Gasteiger partial charge in [-0.3, -0.25) is 19.2 Å². The van der Waals surface area contributed by atoms with E-state index in [1.165, 1.54) is 0 Å². The molecule has 1 aliphatic rings. The second kappa shape index (κ2) is 9.01. The van der Waals surface area contributed by atoms with Crippen molar-refractivity contribution >= 4 is 17.5 Å². The molecule has 0 unspecified atom stereocenters. The Morgan fingerprint density at radius 1 is 1.21 bits per heavy atom. The first-order chi connectivity index (χ1) is 13.4. The maximum atomic E-state index is 12.7. The van der Waals surface area contributed by atoms with Gasteiger partial charge in [-0.15, -0.1) is 0 Å². The lowest BCUT2D eigenvalue weighted by molar-refractivity contribution is -0.136. The normalized spacial score (nSPS) is 15.4. The topological polar surface area (TPSA) is 70.5 Å². The lowest BCUT2D eigenvalue weighted by atomic mass is 9.95. The van der Waals surface area contributed by atoms with E-state index in [0.29, 0.717) is 13.1 Å². The molecule has 3 rings (SSSR count). The zero-order chi connectivity index (χ0) is 20.1. The van der Waals surface area contributed by atoms with Crippen LogP contribution in [0.25, 0.3) is 0 Å². The number of hydrogen-bond donors (Lipinski definition) is 1. The highest BCUT2D eigenvalue weighted by molar-refractivity contribution is 5.92. The molecule has 0 saturated carbocycles. The maximum absolute atomic E-state index is 12.7. The summed E-state index contributed by atoms with van der Waals surface area (Å²) in [6, 6.07) is 10.0. The molecule has 2 aromatic rings. The van der Waals surface area contributed by atoms with Gasteiger partial charge in [0, 0.05) is 26.6 Å². The van der Waals surface area contributed by atoms with Crippen molar-refractivity contribution in [2.24, 2.45) is 13.0 Å². The van der Waals surface area contributed by atoms with Crippen LogP contribution in [-0.2, 0) is 23.2 Å². The highest BCUT2D eigenvalue weighted by Crippen LogP contribution is 2.20. The van der Waals surface area contributed by atoms with Gasteiger partial charge in [0.1, 0.15) is 0 Å². The van der Waals surface area contributed by atoms with Crippen molar-refractivity contribution in [2.75, 3.05) is 32.0 Å². The van der Waals surface area contributed by atoms with Crippen LogP contribution in [0.3, 0.4) is 0 Å². The van der Waals surface area contributed by atoms with Gasteiger partial charge in [0.25, 0.3) is 0 Å². The first-order valence-corrected chi connectivity index (χ1v) is 9.73. The minimum Gasteiger partial charge on any atom is -0.341 e. The molecule has 150 valence electrons. The van der Waals surface area contributed by atoms with Gasteiger partial charge in [0.2, 0.25) is 11.8 Å². The van der Waals surface area contributed by atoms with E-state index in [1.807, 2.05) is 56.3 Å². The van der Waals surface area contributed by atoms with E-state index in [0.717, 1.165) is 42.9 Å². The van der Waals surface area contributed by atoms with Crippen molar-refractivity contribution in [3.05, 3.63) is 47.8 Å². The summed E-state index contributed by atoms with van der Waals surface area (Å²) in [6.45, 7) is 4.41. The first-order valence-electron chi connectivity index (χ1n) is 9.73. The summed E-state index contributed by atoms with van der Waals surface area (Å²) < 4.78 is 1.73. The van der Waals surface area contributed by atoms with Crippen molar-refractivity contribution in [1.82, 2.24) is 19.6 Å². The smallest absolute Gasteiger partial charge is 0.238 e. The zero-order valence-electron chi connectivity index (χ0n) is 16.9. The van der Waals surface area contributed by atoms with Crippen LogP contribution in [0.2, 0.25) is 0 Å². The van der Waals surface area contributed by atoms with Gasteiger partial charge in [-0.1, -0.05) is 30.3 Å². The van der Waals surface area contributed by atoms with E-state index in [9.17, 15) is 9.59 Å². The van der Waals surface area contributed by atoms with Gasteiger partial charge in [-0.25, -0.2) is 0 Å². The fraction of sp³-hybridized carbons (Fsp3) is 0.476. The molecule has 1 aliphatic heterocycles. The Morgan fingerprint density at radius 3 is 2.50 bits per heavy atom. The molecule has 2 heterocycles. The standard InChI is InChI=1S/C21H29N5O2/c1-16-19(13-22-25(16)3)23-20(27)15-26-11-9-18(10-12-26)21(28)24(2)14-17-7-5-4-6-8-17/h4-8,13,18H,9-12,14-15H2,1-3H3,(H,23,27). The van der Waals surface area contributed by atoms with E-state index < -0.39 is 0 Å². The first kappa shape index (κ1) is 20.1. The summed E-state index contributed by atoms with van der Waals surface area (Å²) in [5.41, 5.74) is 2.82. The fourth-order valence-corrected chi connectivity index (χ4v) is 3.60. The van der Waals surface area contributed by atoms with Crippen LogP contribution in [0.15, 0.2) is 36.5 Å². The van der Waals surface area contributed by atoms with Crippen molar-refractivity contribution in [2.45, 2.75) is 26.3 Å². The monoisotopic (exact) mass is 383 g/mol. The Bertz CT molecular complexity index is 809. The third-order valence-corrected chi connectivity index (χ3v) is 5.45. The predicted molar refractivity (Wildman–Crippen MR) is 109 cm³/mol. The number of carbonyl (C=O) groups is 2. The number of anilines is 1. The van der Waals surface area contributed by atoms with E-state index in [4.69, 9.17) is 0 Å². The van der Waals surface area contributed by atoms with Gasteiger partial charge in [-0.2, -0.15) is 5.10 Å². The molecule has 7 nitrogen and oxygen atoms in total. The van der Waals surface area contributed by atoms with E-state index >= 15 is 0 Å². The highest BCUT2D eigenvalue weighted by atomic mass is 16.2. The van der Waals surface area contributed by atoms with Crippen LogP contribution >= 0.6 is 0 Å². The molecule has 1 aromatic heterocycles. The molecule has 0 atom stereocenters. The second-order valence-corrected chi connectivity index (χ2v) is 7.55. The maximum Gasteiger partial charge on any atom is 0.238 e. The average Bonchev–Trinajstić information content (AvgIpc) is 3.01. The van der Waals surface area contributed by atoms with Gasteiger partial charge >= 0.3 is 0 Å². The lowest BCUT2D eigenvalue weighted by Crippen LogP contribution is -2.43. The summed E-state index contributed by atoms with van der Waals surface area (Å²) in [7, 11) is 3.72. The van der Waals surface area contributed by atoms with Crippen LogP contribution in [0, 0.1) is 12.8 Å². The number of aromatic nitrogens is 2. The molecule has 0 bridgehead atoms. The Balaban J connectivity index is 1.44. The Labute approximate surface area is 166 Å². The fourth-order valence-electron chi connectivity index (χ4n) is 3.60. The number of rotatable bonds is 6. The third kappa shape index (κ3) is 4.98. The minimum atomic E-state index is -0.0397. The minimum absolute atomic E-state index is 0.0357. The summed E-state index contributed by atoms with van der Waals surface area (Å²) >= 11 is 0. The van der Waals surface area contributed by atoms with Gasteiger partial charge in [0.05, 0.1) is 24.1 Å². The van der Waals surface area contributed by atoms with E-state index in [1.54, 1.807) is 10.9 Å². The Hall–Kier alpha value is -2.67. The van der Waals surface area contributed by atoms with Gasteiger partial charge in [-0.05, 0) is 38.4 Å². The molecule has 7 heteroatoms. The molecule has 2 amide bonds. The summed E-state index contributed by atoms with van der Waals surface area (Å²) in [5.74, 6) is 0.189. The molecule has 1 fully saturated rings. The van der Waals surface area contributed by atoms with Crippen LogP contribution in [0.1, 0.15) is 24.1 Å². The number of benzene rings is 1. The molecule has 28 heavy (non-hydrogen) atoms. The summed E-state index contributed by atoms with van der Waals surface area (Å²) in [5, 5.41) is 7.06. The zero-order valence-corrected chi connectivity index (χ0v) is 16.9. The van der Waals surface area contributed by atoms with E-state index in [2.05, 4.69) is 15.3 Å². The number of aryl methyl sites for hydroxylation is 1. The van der Waals surface area contributed by atoms with Crippen LogP contribution < -0.4 is 5.32 Å². The largest absolute Gasteiger partial charge is 0.341 e. The average molecular weight is 383 g/mol. The van der Waals surface area contributed by atoms with Crippen LogP contribution in [0.5, 0.6) is 0 Å². The third-order valence-electron chi connectivity index (χ3n) is 5.45. The SMILES string of the molecule is Cc1c(NC(=O)CN2CCC(C(=O)N(C)Cc3ccccc3)CC2)cnn1C. The number of nitrogens with zero attached hydrogens (tertiary/aromatic N) is 4. The van der Waals surface area contributed by atoms with Crippen molar-refractivity contribution in [1.29, 1.82) is 0 Å².